The zero-order valence-electron chi connectivity index (χ0n) is 15.1. The van der Waals surface area contributed by atoms with Gasteiger partial charge in [0.1, 0.15) is 6.10 Å². The third kappa shape index (κ3) is 5.76. The zero-order chi connectivity index (χ0) is 19.1. The Morgan fingerprint density at radius 1 is 1.15 bits per heavy atom. The molecule has 2 aromatic heterocycles. The summed E-state index contributed by atoms with van der Waals surface area (Å²) in [6.45, 7) is 0.483. The van der Waals surface area contributed by atoms with E-state index in [0.29, 0.717) is 6.54 Å². The minimum Gasteiger partial charge on any atom is -0.386 e. The Kier molecular flexibility index (Phi) is 7.20. The first kappa shape index (κ1) is 19.8. The molecule has 2 aromatic rings. The van der Waals surface area contributed by atoms with Gasteiger partial charge in [-0.25, -0.2) is 0 Å². The lowest BCUT2D eigenvalue weighted by Gasteiger charge is -2.13. The van der Waals surface area contributed by atoms with E-state index in [4.69, 9.17) is 0 Å². The van der Waals surface area contributed by atoms with E-state index in [-0.39, 0.29) is 6.54 Å². The van der Waals surface area contributed by atoms with E-state index in [1.165, 1.54) is 29.8 Å². The number of allylic oxidation sites excluding steroid dienone is 1. The van der Waals surface area contributed by atoms with Crippen molar-refractivity contribution in [3.8, 4) is 10.4 Å². The molecule has 3 rings (SSSR count). The SMILES string of the molecule is O=C(NCCC1=CCCCC1)C(=O)NCC(O)c1ccc(-c2ccsc2)s1. The highest BCUT2D eigenvalue weighted by atomic mass is 32.1. The van der Waals surface area contributed by atoms with Gasteiger partial charge in [0.15, 0.2) is 0 Å². The standard InChI is InChI=1S/C20H24N2O3S2/c23-16(18-7-6-17(27-18)15-9-11-26-13-15)12-22-20(25)19(24)21-10-8-14-4-2-1-3-5-14/h4,6-7,9,11,13,16,23H,1-3,5,8,10,12H2,(H,21,24)(H,22,25). The van der Waals surface area contributed by atoms with E-state index in [0.717, 1.165) is 34.6 Å². The number of carbonyl (C=O) groups excluding carboxylic acids is 2. The van der Waals surface area contributed by atoms with E-state index in [1.807, 2.05) is 23.6 Å². The number of hydrogen-bond acceptors (Lipinski definition) is 5. The Bertz CT molecular complexity index is 796. The normalized spacial score (nSPS) is 15.1. The summed E-state index contributed by atoms with van der Waals surface area (Å²) in [5, 5.41) is 19.5. The fourth-order valence-corrected chi connectivity index (χ4v) is 4.73. The number of nitrogens with one attached hydrogen (secondary N) is 2. The number of amides is 2. The Labute approximate surface area is 167 Å². The first-order valence-corrected chi connectivity index (χ1v) is 10.9. The van der Waals surface area contributed by atoms with Crippen LogP contribution < -0.4 is 10.6 Å². The van der Waals surface area contributed by atoms with Gasteiger partial charge in [-0.05, 0) is 61.1 Å². The smallest absolute Gasteiger partial charge is 0.309 e. The van der Waals surface area contributed by atoms with Crippen molar-refractivity contribution < 1.29 is 14.7 Å². The van der Waals surface area contributed by atoms with Crippen LogP contribution in [-0.4, -0.2) is 30.0 Å². The van der Waals surface area contributed by atoms with Crippen molar-refractivity contribution >= 4 is 34.5 Å². The highest BCUT2D eigenvalue weighted by molar-refractivity contribution is 7.16. The molecule has 1 atom stereocenters. The van der Waals surface area contributed by atoms with Crippen LogP contribution in [0.5, 0.6) is 0 Å². The molecule has 27 heavy (non-hydrogen) atoms. The fraction of sp³-hybridized carbons (Fsp3) is 0.400. The van der Waals surface area contributed by atoms with E-state index >= 15 is 0 Å². The van der Waals surface area contributed by atoms with Crippen LogP contribution in [0.2, 0.25) is 0 Å². The number of rotatable bonds is 7. The predicted octanol–water partition coefficient (Wildman–Crippen LogP) is 3.63. The van der Waals surface area contributed by atoms with Gasteiger partial charge in [0.2, 0.25) is 0 Å². The molecule has 0 saturated carbocycles. The summed E-state index contributed by atoms with van der Waals surface area (Å²) in [7, 11) is 0. The number of thiophene rings is 2. The molecule has 0 bridgehead atoms. The van der Waals surface area contributed by atoms with Gasteiger partial charge in [-0.3, -0.25) is 9.59 Å². The van der Waals surface area contributed by atoms with Gasteiger partial charge in [0, 0.05) is 28.4 Å². The molecule has 2 amide bonds. The van der Waals surface area contributed by atoms with Gasteiger partial charge in [-0.15, -0.1) is 11.3 Å². The highest BCUT2D eigenvalue weighted by Gasteiger charge is 2.17. The molecule has 3 N–H and O–H groups in total. The molecule has 2 heterocycles. The molecule has 0 radical (unpaired) electrons. The van der Waals surface area contributed by atoms with Crippen LogP contribution in [0.3, 0.4) is 0 Å². The van der Waals surface area contributed by atoms with Crippen LogP contribution in [-0.2, 0) is 9.59 Å². The van der Waals surface area contributed by atoms with Gasteiger partial charge in [-0.1, -0.05) is 11.6 Å². The maximum absolute atomic E-state index is 11.9. The van der Waals surface area contributed by atoms with Crippen molar-refractivity contribution in [2.45, 2.75) is 38.2 Å². The molecule has 0 fully saturated rings. The summed E-state index contributed by atoms with van der Waals surface area (Å²) in [6, 6.07) is 5.84. The Morgan fingerprint density at radius 3 is 2.74 bits per heavy atom. The van der Waals surface area contributed by atoms with Crippen molar-refractivity contribution in [2.75, 3.05) is 13.1 Å². The molecule has 1 aliphatic rings. The summed E-state index contributed by atoms with van der Waals surface area (Å²) in [5.41, 5.74) is 2.48. The van der Waals surface area contributed by atoms with Crippen LogP contribution >= 0.6 is 22.7 Å². The van der Waals surface area contributed by atoms with Crippen molar-refractivity contribution in [2.24, 2.45) is 0 Å². The van der Waals surface area contributed by atoms with Crippen LogP contribution in [0.1, 0.15) is 43.1 Å². The summed E-state index contributed by atoms with van der Waals surface area (Å²) < 4.78 is 0. The molecule has 1 unspecified atom stereocenters. The fourth-order valence-electron chi connectivity index (χ4n) is 3.01. The van der Waals surface area contributed by atoms with Crippen molar-refractivity contribution in [3.63, 3.8) is 0 Å². The average molecular weight is 405 g/mol. The largest absolute Gasteiger partial charge is 0.386 e. The van der Waals surface area contributed by atoms with Crippen molar-refractivity contribution in [3.05, 3.63) is 45.5 Å². The molecule has 5 nitrogen and oxygen atoms in total. The van der Waals surface area contributed by atoms with Gasteiger partial charge >= 0.3 is 11.8 Å². The van der Waals surface area contributed by atoms with Crippen molar-refractivity contribution in [1.29, 1.82) is 0 Å². The number of carbonyl (C=O) groups is 2. The molecular weight excluding hydrogens is 380 g/mol. The highest BCUT2D eigenvalue weighted by Crippen LogP contribution is 2.32. The monoisotopic (exact) mass is 404 g/mol. The Balaban J connectivity index is 1.40. The second kappa shape index (κ2) is 9.82. The molecule has 0 saturated heterocycles. The van der Waals surface area contributed by atoms with Crippen molar-refractivity contribution in [1.82, 2.24) is 10.6 Å². The van der Waals surface area contributed by atoms with Crippen LogP contribution in [0.25, 0.3) is 10.4 Å². The topological polar surface area (TPSA) is 78.4 Å². The lowest BCUT2D eigenvalue weighted by atomic mass is 9.97. The first-order valence-electron chi connectivity index (χ1n) is 9.18. The lowest BCUT2D eigenvalue weighted by Crippen LogP contribution is -2.41. The van der Waals surface area contributed by atoms with Gasteiger partial charge in [0.05, 0.1) is 0 Å². The Morgan fingerprint density at radius 2 is 2.00 bits per heavy atom. The third-order valence-corrected chi connectivity index (χ3v) is 6.46. The maximum atomic E-state index is 11.9. The summed E-state index contributed by atoms with van der Waals surface area (Å²) >= 11 is 3.11. The molecular formula is C20H24N2O3S2. The second-order valence-electron chi connectivity index (χ2n) is 6.55. The second-order valence-corrected chi connectivity index (χ2v) is 8.45. The Hall–Kier alpha value is -1.96. The van der Waals surface area contributed by atoms with E-state index in [9.17, 15) is 14.7 Å². The number of aliphatic hydroxyl groups excluding tert-OH is 1. The van der Waals surface area contributed by atoms with Gasteiger partial charge in [0.25, 0.3) is 0 Å². The minimum absolute atomic E-state index is 0.0149. The van der Waals surface area contributed by atoms with Gasteiger partial charge < -0.3 is 15.7 Å². The van der Waals surface area contributed by atoms with Gasteiger partial charge in [-0.2, -0.15) is 11.3 Å². The van der Waals surface area contributed by atoms with Crippen LogP contribution in [0, 0.1) is 0 Å². The molecule has 144 valence electrons. The lowest BCUT2D eigenvalue weighted by molar-refractivity contribution is -0.139. The van der Waals surface area contributed by atoms with E-state index in [1.54, 1.807) is 11.3 Å². The number of aliphatic hydroxyl groups is 1. The molecule has 0 spiro atoms. The summed E-state index contributed by atoms with van der Waals surface area (Å²) in [5.74, 6) is -1.36. The molecule has 0 aromatic carbocycles. The van der Waals surface area contributed by atoms with E-state index in [2.05, 4.69) is 22.1 Å². The third-order valence-electron chi connectivity index (χ3n) is 4.54. The molecule has 0 aliphatic heterocycles. The molecule has 7 heteroatoms. The predicted molar refractivity (Wildman–Crippen MR) is 110 cm³/mol. The summed E-state index contributed by atoms with van der Waals surface area (Å²) in [4.78, 5) is 25.6. The van der Waals surface area contributed by atoms with E-state index < -0.39 is 17.9 Å². The van der Waals surface area contributed by atoms with Crippen LogP contribution in [0.4, 0.5) is 0 Å². The quantitative estimate of drug-likeness (QED) is 0.487. The number of hydrogen-bond donors (Lipinski definition) is 3. The molecule has 1 aliphatic carbocycles. The average Bonchev–Trinajstić information content (AvgIpc) is 3.38. The first-order chi connectivity index (χ1) is 13.1. The minimum atomic E-state index is -0.827. The maximum Gasteiger partial charge on any atom is 0.309 e. The van der Waals surface area contributed by atoms with Crippen LogP contribution in [0.15, 0.2) is 40.6 Å². The summed E-state index contributed by atoms with van der Waals surface area (Å²) in [6.07, 6.45) is 6.83. The zero-order valence-corrected chi connectivity index (χ0v) is 16.7.